The Hall–Kier alpha value is -2.67. The largest absolute Gasteiger partial charge is 0.330 e. The van der Waals surface area contributed by atoms with Gasteiger partial charge in [-0.05, 0) is 17.5 Å². The van der Waals surface area contributed by atoms with Crippen LogP contribution in [0.5, 0.6) is 0 Å². The molecule has 7 nitrogen and oxygen atoms in total. The summed E-state index contributed by atoms with van der Waals surface area (Å²) >= 11 is 0. The molecule has 0 spiro atoms. The van der Waals surface area contributed by atoms with Crippen molar-refractivity contribution in [1.82, 2.24) is 20.0 Å². The molecule has 1 aromatic carbocycles. The SMILES string of the molecule is Cn1cc(N2CCN(C(=O)[C@@H]3Cc4ccccc4CN3)CC2=O)cn1. The molecule has 0 radical (unpaired) electrons. The van der Waals surface area contributed by atoms with Crippen LogP contribution < -0.4 is 10.2 Å². The van der Waals surface area contributed by atoms with E-state index < -0.39 is 0 Å². The molecule has 2 aliphatic rings. The van der Waals surface area contributed by atoms with E-state index in [1.54, 1.807) is 20.7 Å². The van der Waals surface area contributed by atoms with E-state index in [1.807, 2.05) is 25.4 Å². The van der Waals surface area contributed by atoms with E-state index in [1.165, 1.54) is 11.1 Å². The molecule has 2 aromatic rings. The zero-order valence-corrected chi connectivity index (χ0v) is 14.2. The summed E-state index contributed by atoms with van der Waals surface area (Å²) in [5, 5.41) is 7.41. The lowest BCUT2D eigenvalue weighted by molar-refractivity contribution is -0.138. The number of nitrogens with one attached hydrogen (secondary N) is 1. The van der Waals surface area contributed by atoms with Crippen molar-refractivity contribution in [3.8, 4) is 0 Å². The molecule has 1 saturated heterocycles. The Morgan fingerprint density at radius 1 is 1.24 bits per heavy atom. The van der Waals surface area contributed by atoms with Crippen LogP contribution in [0.1, 0.15) is 11.1 Å². The maximum absolute atomic E-state index is 12.8. The lowest BCUT2D eigenvalue weighted by Gasteiger charge is -2.36. The topological polar surface area (TPSA) is 70.5 Å². The molecule has 1 atom stereocenters. The number of anilines is 1. The second kappa shape index (κ2) is 6.33. The number of rotatable bonds is 2. The van der Waals surface area contributed by atoms with E-state index in [9.17, 15) is 9.59 Å². The second-order valence-electron chi connectivity index (χ2n) is 6.58. The zero-order chi connectivity index (χ0) is 17.4. The third-order valence-electron chi connectivity index (χ3n) is 4.91. The molecule has 1 N–H and O–H groups in total. The van der Waals surface area contributed by atoms with Gasteiger partial charge in [-0.15, -0.1) is 0 Å². The summed E-state index contributed by atoms with van der Waals surface area (Å²) in [5.41, 5.74) is 3.23. The lowest BCUT2D eigenvalue weighted by atomic mass is 9.95. The fourth-order valence-corrected chi connectivity index (χ4v) is 3.53. The van der Waals surface area contributed by atoms with Crippen molar-refractivity contribution in [2.45, 2.75) is 19.0 Å². The number of benzene rings is 1. The smallest absolute Gasteiger partial charge is 0.246 e. The van der Waals surface area contributed by atoms with Gasteiger partial charge in [0.15, 0.2) is 0 Å². The number of piperazine rings is 1. The molecule has 0 aliphatic carbocycles. The van der Waals surface area contributed by atoms with Crippen LogP contribution in [0.3, 0.4) is 0 Å². The molecule has 3 heterocycles. The molecule has 2 amide bonds. The van der Waals surface area contributed by atoms with Crippen molar-refractivity contribution in [3.63, 3.8) is 0 Å². The highest BCUT2D eigenvalue weighted by atomic mass is 16.2. The quantitative estimate of drug-likeness (QED) is 0.855. The highest BCUT2D eigenvalue weighted by Crippen LogP contribution is 2.20. The van der Waals surface area contributed by atoms with Crippen LogP contribution >= 0.6 is 0 Å². The molecule has 2 aliphatic heterocycles. The third-order valence-corrected chi connectivity index (χ3v) is 4.91. The minimum absolute atomic E-state index is 0.00805. The number of carbonyl (C=O) groups excluding carboxylic acids is 2. The van der Waals surface area contributed by atoms with Crippen molar-refractivity contribution in [2.75, 3.05) is 24.5 Å². The fourth-order valence-electron chi connectivity index (χ4n) is 3.53. The Labute approximate surface area is 146 Å². The van der Waals surface area contributed by atoms with E-state index >= 15 is 0 Å². The molecule has 4 rings (SSSR count). The van der Waals surface area contributed by atoms with Crippen LogP contribution in [0.15, 0.2) is 36.7 Å². The predicted molar refractivity (Wildman–Crippen MR) is 92.9 cm³/mol. The summed E-state index contributed by atoms with van der Waals surface area (Å²) in [4.78, 5) is 28.7. The number of hydrogen-bond acceptors (Lipinski definition) is 4. The molecule has 25 heavy (non-hydrogen) atoms. The van der Waals surface area contributed by atoms with E-state index in [0.717, 1.165) is 5.69 Å². The number of aryl methyl sites for hydroxylation is 1. The first-order chi connectivity index (χ1) is 12.1. The van der Waals surface area contributed by atoms with Crippen LogP contribution in [0.25, 0.3) is 0 Å². The third kappa shape index (κ3) is 3.02. The van der Waals surface area contributed by atoms with Crippen molar-refractivity contribution < 1.29 is 9.59 Å². The maximum atomic E-state index is 12.8. The van der Waals surface area contributed by atoms with E-state index in [4.69, 9.17) is 0 Å². The Kier molecular flexibility index (Phi) is 4.01. The highest BCUT2D eigenvalue weighted by Gasteiger charge is 2.33. The summed E-state index contributed by atoms with van der Waals surface area (Å²) in [7, 11) is 1.82. The van der Waals surface area contributed by atoms with Gasteiger partial charge in [-0.2, -0.15) is 5.10 Å². The van der Waals surface area contributed by atoms with E-state index in [-0.39, 0.29) is 24.4 Å². The van der Waals surface area contributed by atoms with Crippen LogP contribution in [0.4, 0.5) is 5.69 Å². The summed E-state index contributed by atoms with van der Waals surface area (Å²) in [6.07, 6.45) is 4.16. The van der Waals surface area contributed by atoms with Gasteiger partial charge in [0.05, 0.1) is 17.9 Å². The highest BCUT2D eigenvalue weighted by molar-refractivity contribution is 5.98. The zero-order valence-electron chi connectivity index (χ0n) is 14.2. The van der Waals surface area contributed by atoms with Crippen LogP contribution in [-0.4, -0.2) is 52.2 Å². The molecule has 0 saturated carbocycles. The molecule has 1 aromatic heterocycles. The molecule has 1 fully saturated rings. The Morgan fingerprint density at radius 3 is 2.76 bits per heavy atom. The Morgan fingerprint density at radius 2 is 2.04 bits per heavy atom. The minimum atomic E-state index is -0.257. The minimum Gasteiger partial charge on any atom is -0.330 e. The average Bonchev–Trinajstić information content (AvgIpc) is 3.06. The van der Waals surface area contributed by atoms with Crippen LogP contribution in [0.2, 0.25) is 0 Å². The van der Waals surface area contributed by atoms with Crippen molar-refractivity contribution in [1.29, 1.82) is 0 Å². The van der Waals surface area contributed by atoms with Crippen molar-refractivity contribution in [2.24, 2.45) is 7.05 Å². The number of aromatic nitrogens is 2. The maximum Gasteiger partial charge on any atom is 0.246 e. The van der Waals surface area contributed by atoms with Gasteiger partial charge in [0.1, 0.15) is 6.54 Å². The van der Waals surface area contributed by atoms with Crippen molar-refractivity contribution >= 4 is 17.5 Å². The predicted octanol–water partition coefficient (Wildman–Crippen LogP) is 0.310. The fraction of sp³-hybridized carbons (Fsp3) is 0.389. The number of fused-ring (bicyclic) bond motifs is 1. The van der Waals surface area contributed by atoms with E-state index in [2.05, 4.69) is 22.5 Å². The number of carbonyl (C=O) groups is 2. The summed E-state index contributed by atoms with van der Waals surface area (Å²) < 4.78 is 1.67. The summed E-state index contributed by atoms with van der Waals surface area (Å²) in [6.45, 7) is 1.85. The van der Waals surface area contributed by atoms with Crippen LogP contribution in [0, 0.1) is 0 Å². The van der Waals surface area contributed by atoms with Gasteiger partial charge in [-0.25, -0.2) is 0 Å². The Bertz CT molecular complexity index is 815. The first-order valence-electron chi connectivity index (χ1n) is 8.50. The van der Waals surface area contributed by atoms with Gasteiger partial charge < -0.3 is 15.1 Å². The molecule has 0 bridgehead atoms. The van der Waals surface area contributed by atoms with Crippen LogP contribution in [-0.2, 0) is 29.6 Å². The van der Waals surface area contributed by atoms with E-state index in [0.29, 0.717) is 26.1 Å². The van der Waals surface area contributed by atoms with Gasteiger partial charge >= 0.3 is 0 Å². The lowest BCUT2D eigenvalue weighted by Crippen LogP contribution is -2.57. The van der Waals surface area contributed by atoms with Gasteiger partial charge in [-0.1, -0.05) is 24.3 Å². The number of nitrogens with zero attached hydrogens (tertiary/aromatic N) is 4. The van der Waals surface area contributed by atoms with Gasteiger partial charge in [0.2, 0.25) is 11.8 Å². The normalized spacial score (nSPS) is 20.5. The Balaban J connectivity index is 1.42. The van der Waals surface area contributed by atoms with Gasteiger partial charge in [-0.3, -0.25) is 14.3 Å². The molecule has 0 unspecified atom stereocenters. The van der Waals surface area contributed by atoms with Gasteiger partial charge in [0, 0.05) is 32.9 Å². The first-order valence-corrected chi connectivity index (χ1v) is 8.50. The monoisotopic (exact) mass is 339 g/mol. The standard InChI is InChI=1S/C18H21N5O2/c1-21-11-15(10-20-21)23-7-6-22(12-17(23)24)18(25)16-8-13-4-2-3-5-14(13)9-19-16/h2-5,10-11,16,19H,6-9,12H2,1H3/t16-/m0/s1. The summed E-state index contributed by atoms with van der Waals surface area (Å²) in [6, 6.07) is 7.91. The molecule has 130 valence electrons. The number of hydrogen-bond donors (Lipinski definition) is 1. The molecule has 7 heteroatoms. The molecular weight excluding hydrogens is 318 g/mol. The van der Waals surface area contributed by atoms with Crippen molar-refractivity contribution in [3.05, 3.63) is 47.8 Å². The average molecular weight is 339 g/mol. The number of amides is 2. The molecular formula is C18H21N5O2. The summed E-state index contributed by atoms with van der Waals surface area (Å²) in [5.74, 6) is -0.0579. The first kappa shape index (κ1) is 15.8. The van der Waals surface area contributed by atoms with Gasteiger partial charge in [0.25, 0.3) is 0 Å². The second-order valence-corrected chi connectivity index (χ2v) is 6.58.